The summed E-state index contributed by atoms with van der Waals surface area (Å²) in [5.74, 6) is 0.902. The Balaban J connectivity index is 2.33. The van der Waals surface area contributed by atoms with Crippen molar-refractivity contribution in [2.24, 2.45) is 0 Å². The van der Waals surface area contributed by atoms with Crippen LogP contribution in [0.2, 0.25) is 5.02 Å². The molecule has 0 amide bonds. The number of unbranched alkanes of at least 4 members (excludes halogenated alkanes) is 3. The molecule has 84 valence electrons. The molecule has 0 aromatic heterocycles. The molecule has 0 saturated carbocycles. The van der Waals surface area contributed by atoms with Gasteiger partial charge in [0, 0.05) is 5.02 Å². The van der Waals surface area contributed by atoms with Crippen LogP contribution in [0.4, 0.5) is 0 Å². The molecule has 0 fully saturated rings. The average molecular weight is 339 g/mol. The summed E-state index contributed by atoms with van der Waals surface area (Å²) in [6.07, 6.45) is 4.91. The van der Waals surface area contributed by atoms with Crippen molar-refractivity contribution in [2.45, 2.75) is 32.6 Å². The predicted molar refractivity (Wildman–Crippen MR) is 73.8 cm³/mol. The molecule has 1 aromatic rings. The molecule has 0 saturated heterocycles. The minimum absolute atomic E-state index is 0.735. The molecule has 0 heterocycles. The molecular formula is C12H16ClIO. The molecule has 3 heteroatoms. The van der Waals surface area contributed by atoms with Gasteiger partial charge in [0.1, 0.15) is 5.75 Å². The van der Waals surface area contributed by atoms with Gasteiger partial charge >= 0.3 is 0 Å². The van der Waals surface area contributed by atoms with E-state index in [-0.39, 0.29) is 0 Å². The topological polar surface area (TPSA) is 9.23 Å². The molecule has 0 aliphatic heterocycles. The lowest BCUT2D eigenvalue weighted by Crippen LogP contribution is -1.98. The van der Waals surface area contributed by atoms with E-state index in [1.807, 2.05) is 18.2 Å². The second kappa shape index (κ2) is 7.34. The van der Waals surface area contributed by atoms with Gasteiger partial charge in [0.15, 0.2) is 0 Å². The van der Waals surface area contributed by atoms with Crippen molar-refractivity contribution in [3.05, 3.63) is 26.8 Å². The van der Waals surface area contributed by atoms with Crippen molar-refractivity contribution in [3.63, 3.8) is 0 Å². The zero-order valence-electron chi connectivity index (χ0n) is 8.93. The first kappa shape index (κ1) is 13.1. The van der Waals surface area contributed by atoms with Gasteiger partial charge < -0.3 is 4.74 Å². The number of benzene rings is 1. The van der Waals surface area contributed by atoms with E-state index in [4.69, 9.17) is 16.3 Å². The Labute approximate surface area is 110 Å². The standard InChI is InChI=1S/C12H16ClIO/c1-2-3-4-5-8-15-12-9-10(13)6-7-11(12)14/h6-7,9H,2-5,8H2,1H3. The first-order valence-electron chi connectivity index (χ1n) is 5.32. The third-order valence-corrected chi connectivity index (χ3v) is 3.27. The van der Waals surface area contributed by atoms with Crippen LogP contribution in [-0.2, 0) is 0 Å². The Morgan fingerprint density at radius 1 is 1.27 bits per heavy atom. The van der Waals surface area contributed by atoms with E-state index in [0.717, 1.165) is 27.4 Å². The zero-order chi connectivity index (χ0) is 11.1. The van der Waals surface area contributed by atoms with Gasteiger partial charge in [0.05, 0.1) is 10.2 Å². The molecule has 1 nitrogen and oxygen atoms in total. The lowest BCUT2D eigenvalue weighted by molar-refractivity contribution is 0.303. The molecular weight excluding hydrogens is 322 g/mol. The SMILES string of the molecule is CCCCCCOc1cc(Cl)ccc1I. The second-order valence-corrected chi connectivity index (χ2v) is 5.08. The van der Waals surface area contributed by atoms with Gasteiger partial charge in [-0.15, -0.1) is 0 Å². The van der Waals surface area contributed by atoms with Crippen LogP contribution < -0.4 is 4.74 Å². The first-order chi connectivity index (χ1) is 7.24. The number of rotatable bonds is 6. The largest absolute Gasteiger partial charge is 0.492 e. The highest BCUT2D eigenvalue weighted by Crippen LogP contribution is 2.24. The third-order valence-electron chi connectivity index (χ3n) is 2.15. The van der Waals surface area contributed by atoms with Gasteiger partial charge in [-0.3, -0.25) is 0 Å². The summed E-state index contributed by atoms with van der Waals surface area (Å²) in [5.41, 5.74) is 0. The third kappa shape index (κ3) is 5.07. The molecule has 0 aliphatic carbocycles. The summed E-state index contributed by atoms with van der Waals surface area (Å²) in [6.45, 7) is 3.00. The molecule has 0 unspecified atom stereocenters. The molecule has 0 N–H and O–H groups in total. The summed E-state index contributed by atoms with van der Waals surface area (Å²) >= 11 is 8.16. The van der Waals surface area contributed by atoms with Crippen LogP contribution in [0.1, 0.15) is 32.6 Å². The number of halogens is 2. The van der Waals surface area contributed by atoms with Crippen LogP contribution >= 0.6 is 34.2 Å². The van der Waals surface area contributed by atoms with Crippen LogP contribution in [0, 0.1) is 3.57 Å². The smallest absolute Gasteiger partial charge is 0.134 e. The highest BCUT2D eigenvalue weighted by molar-refractivity contribution is 14.1. The van der Waals surface area contributed by atoms with Crippen LogP contribution in [-0.4, -0.2) is 6.61 Å². The van der Waals surface area contributed by atoms with Crippen molar-refractivity contribution in [1.82, 2.24) is 0 Å². The van der Waals surface area contributed by atoms with Crippen LogP contribution in [0.3, 0.4) is 0 Å². The van der Waals surface area contributed by atoms with E-state index in [1.165, 1.54) is 19.3 Å². The van der Waals surface area contributed by atoms with Gasteiger partial charge in [-0.2, -0.15) is 0 Å². The van der Waals surface area contributed by atoms with Crippen molar-refractivity contribution >= 4 is 34.2 Å². The average Bonchev–Trinajstić information content (AvgIpc) is 2.23. The molecule has 0 atom stereocenters. The van der Waals surface area contributed by atoms with E-state index in [1.54, 1.807) is 0 Å². The molecule has 0 spiro atoms. The van der Waals surface area contributed by atoms with E-state index in [9.17, 15) is 0 Å². The fourth-order valence-electron chi connectivity index (χ4n) is 1.30. The zero-order valence-corrected chi connectivity index (χ0v) is 11.8. The lowest BCUT2D eigenvalue weighted by atomic mass is 10.2. The number of hydrogen-bond donors (Lipinski definition) is 0. The van der Waals surface area contributed by atoms with Gasteiger partial charge in [0.25, 0.3) is 0 Å². The normalized spacial score (nSPS) is 10.3. The quantitative estimate of drug-likeness (QED) is 0.529. The van der Waals surface area contributed by atoms with Gasteiger partial charge in [0.2, 0.25) is 0 Å². The van der Waals surface area contributed by atoms with Crippen molar-refractivity contribution in [1.29, 1.82) is 0 Å². The molecule has 1 rings (SSSR count). The van der Waals surface area contributed by atoms with E-state index in [2.05, 4.69) is 29.5 Å². The Morgan fingerprint density at radius 2 is 2.07 bits per heavy atom. The van der Waals surface area contributed by atoms with Gasteiger partial charge in [-0.1, -0.05) is 37.8 Å². The number of hydrogen-bond acceptors (Lipinski definition) is 1. The minimum atomic E-state index is 0.735. The van der Waals surface area contributed by atoms with Crippen molar-refractivity contribution in [2.75, 3.05) is 6.61 Å². The molecule has 0 bridgehead atoms. The highest BCUT2D eigenvalue weighted by atomic mass is 127. The predicted octanol–water partition coefficient (Wildman–Crippen LogP) is 4.90. The van der Waals surface area contributed by atoms with E-state index in [0.29, 0.717) is 0 Å². The maximum absolute atomic E-state index is 5.90. The Hall–Kier alpha value is 0.0400. The molecule has 0 aliphatic rings. The van der Waals surface area contributed by atoms with Crippen molar-refractivity contribution in [3.8, 4) is 5.75 Å². The maximum Gasteiger partial charge on any atom is 0.134 e. The number of ether oxygens (including phenoxy) is 1. The van der Waals surface area contributed by atoms with Crippen LogP contribution in [0.25, 0.3) is 0 Å². The van der Waals surface area contributed by atoms with Gasteiger partial charge in [-0.25, -0.2) is 0 Å². The minimum Gasteiger partial charge on any atom is -0.492 e. The Bertz CT molecular complexity index is 302. The highest BCUT2D eigenvalue weighted by Gasteiger charge is 2.01. The fraction of sp³-hybridized carbons (Fsp3) is 0.500. The summed E-state index contributed by atoms with van der Waals surface area (Å²) in [6, 6.07) is 5.74. The second-order valence-electron chi connectivity index (χ2n) is 3.48. The first-order valence-corrected chi connectivity index (χ1v) is 6.77. The van der Waals surface area contributed by atoms with E-state index >= 15 is 0 Å². The summed E-state index contributed by atoms with van der Waals surface area (Å²) in [5, 5.41) is 0.735. The molecule has 1 aromatic carbocycles. The Kier molecular flexibility index (Phi) is 6.41. The molecule has 15 heavy (non-hydrogen) atoms. The monoisotopic (exact) mass is 338 g/mol. The van der Waals surface area contributed by atoms with E-state index < -0.39 is 0 Å². The summed E-state index contributed by atoms with van der Waals surface area (Å²) < 4.78 is 6.79. The summed E-state index contributed by atoms with van der Waals surface area (Å²) in [7, 11) is 0. The Morgan fingerprint density at radius 3 is 2.80 bits per heavy atom. The van der Waals surface area contributed by atoms with Crippen molar-refractivity contribution < 1.29 is 4.74 Å². The fourth-order valence-corrected chi connectivity index (χ4v) is 1.95. The van der Waals surface area contributed by atoms with Crippen LogP contribution in [0.5, 0.6) is 5.75 Å². The van der Waals surface area contributed by atoms with Crippen LogP contribution in [0.15, 0.2) is 18.2 Å². The molecule has 0 radical (unpaired) electrons. The lowest BCUT2D eigenvalue weighted by Gasteiger charge is -2.08. The van der Waals surface area contributed by atoms with Gasteiger partial charge in [-0.05, 0) is 47.2 Å². The summed E-state index contributed by atoms with van der Waals surface area (Å²) in [4.78, 5) is 0. The maximum atomic E-state index is 5.90.